The summed E-state index contributed by atoms with van der Waals surface area (Å²) in [6.45, 7) is 1.87. The van der Waals surface area contributed by atoms with Crippen LogP contribution >= 0.6 is 11.8 Å². The minimum absolute atomic E-state index is 0.0492. The summed E-state index contributed by atoms with van der Waals surface area (Å²) in [5.74, 6) is -2.56. The second-order valence-electron chi connectivity index (χ2n) is 7.37. The second kappa shape index (κ2) is 11.8. The molecular weight excluding hydrogens is 468 g/mol. The summed E-state index contributed by atoms with van der Waals surface area (Å²) in [5, 5.41) is 14.4. The van der Waals surface area contributed by atoms with E-state index < -0.39 is 23.1 Å². The minimum atomic E-state index is -1.19. The molecule has 8 nitrogen and oxygen atoms in total. The van der Waals surface area contributed by atoms with Crippen molar-refractivity contribution < 1.29 is 29.0 Å². The Hall–Kier alpha value is -4.11. The van der Waals surface area contributed by atoms with Crippen LogP contribution in [0.3, 0.4) is 0 Å². The van der Waals surface area contributed by atoms with Crippen molar-refractivity contribution >= 4 is 46.9 Å². The summed E-state index contributed by atoms with van der Waals surface area (Å²) in [6, 6.07) is 19.5. The number of methoxy groups -OCH3 is 1. The van der Waals surface area contributed by atoms with Crippen LogP contribution in [0, 0.1) is 0 Å². The van der Waals surface area contributed by atoms with E-state index >= 15 is 0 Å². The number of thioether (sulfide) groups is 1. The number of hydrogen-bond acceptors (Lipinski definition) is 6. The Labute approximate surface area is 206 Å². The molecule has 2 amide bonds. The van der Waals surface area contributed by atoms with Gasteiger partial charge < -0.3 is 20.5 Å². The summed E-state index contributed by atoms with van der Waals surface area (Å²) in [5.41, 5.74) is 1.04. The highest BCUT2D eigenvalue weighted by Gasteiger charge is 2.21. The first-order valence-electron chi connectivity index (χ1n) is 10.7. The normalized spacial score (nSPS) is 11.3. The third-order valence-corrected chi connectivity index (χ3v) is 6.38. The van der Waals surface area contributed by atoms with Crippen LogP contribution in [0.25, 0.3) is 0 Å². The third-order valence-electron chi connectivity index (χ3n) is 5.03. The number of carbonyl (C=O) groups is 4. The van der Waals surface area contributed by atoms with Crippen molar-refractivity contribution in [2.75, 3.05) is 17.7 Å². The van der Waals surface area contributed by atoms with Gasteiger partial charge in [0.15, 0.2) is 0 Å². The average molecular weight is 493 g/mol. The lowest BCUT2D eigenvalue weighted by Crippen LogP contribution is -2.25. The zero-order valence-electron chi connectivity index (χ0n) is 19.1. The Kier molecular flexibility index (Phi) is 8.63. The van der Waals surface area contributed by atoms with Gasteiger partial charge in [0.25, 0.3) is 5.91 Å². The number of rotatable bonds is 9. The molecule has 0 aromatic heterocycles. The molecule has 0 fully saturated rings. The van der Waals surface area contributed by atoms with E-state index in [1.165, 1.54) is 31.0 Å². The molecule has 0 saturated carbocycles. The fraction of sp³-hybridized carbons (Fsp3) is 0.154. The number of carbonyl (C=O) groups excluding carboxylic acids is 3. The third kappa shape index (κ3) is 6.48. The summed E-state index contributed by atoms with van der Waals surface area (Å²) in [6.07, 6.45) is 0.513. The topological polar surface area (TPSA) is 122 Å². The highest BCUT2D eigenvalue weighted by atomic mass is 32.2. The zero-order valence-corrected chi connectivity index (χ0v) is 19.9. The molecule has 0 aliphatic rings. The number of hydrogen-bond donors (Lipinski definition) is 3. The number of aromatic carboxylic acids is 1. The lowest BCUT2D eigenvalue weighted by Gasteiger charge is -2.17. The van der Waals surface area contributed by atoms with Gasteiger partial charge in [-0.3, -0.25) is 9.59 Å². The van der Waals surface area contributed by atoms with Crippen LogP contribution in [0.4, 0.5) is 11.4 Å². The number of benzene rings is 3. The van der Waals surface area contributed by atoms with Crippen LogP contribution in [0.15, 0.2) is 77.7 Å². The molecule has 0 aliphatic carbocycles. The molecule has 3 aromatic rings. The number of esters is 1. The van der Waals surface area contributed by atoms with Gasteiger partial charge in [-0.1, -0.05) is 37.3 Å². The predicted octanol–water partition coefficient (Wildman–Crippen LogP) is 4.93. The average Bonchev–Trinajstić information content (AvgIpc) is 2.87. The van der Waals surface area contributed by atoms with Crippen LogP contribution in [-0.4, -0.2) is 41.2 Å². The van der Waals surface area contributed by atoms with Crippen molar-refractivity contribution in [3.63, 3.8) is 0 Å². The zero-order chi connectivity index (χ0) is 25.4. The van der Waals surface area contributed by atoms with E-state index in [0.717, 1.165) is 4.90 Å². The van der Waals surface area contributed by atoms with Crippen molar-refractivity contribution in [2.45, 2.75) is 23.5 Å². The van der Waals surface area contributed by atoms with Crippen molar-refractivity contribution in [3.05, 3.63) is 89.5 Å². The van der Waals surface area contributed by atoms with Gasteiger partial charge in [-0.2, -0.15) is 0 Å². The number of carboxylic acid groups (broad SMARTS) is 1. The van der Waals surface area contributed by atoms with E-state index in [-0.39, 0.29) is 22.6 Å². The van der Waals surface area contributed by atoms with Gasteiger partial charge in [0.05, 0.1) is 34.7 Å². The van der Waals surface area contributed by atoms with Gasteiger partial charge in [-0.25, -0.2) is 9.59 Å². The maximum absolute atomic E-state index is 13.0. The first-order chi connectivity index (χ1) is 16.8. The molecule has 3 N–H and O–H groups in total. The Morgan fingerprint density at radius 2 is 1.54 bits per heavy atom. The first kappa shape index (κ1) is 25.5. The Balaban J connectivity index is 1.73. The Morgan fingerprint density at radius 3 is 2.20 bits per heavy atom. The molecule has 0 saturated heterocycles. The monoisotopic (exact) mass is 492 g/mol. The van der Waals surface area contributed by atoms with Gasteiger partial charge in [0.2, 0.25) is 5.91 Å². The van der Waals surface area contributed by atoms with E-state index in [2.05, 4.69) is 10.6 Å². The summed E-state index contributed by atoms with van der Waals surface area (Å²) >= 11 is 1.31. The molecular formula is C26H24N2O6S. The summed E-state index contributed by atoms with van der Waals surface area (Å²) in [7, 11) is 1.28. The first-order valence-corrected chi connectivity index (χ1v) is 11.6. The Bertz CT molecular complexity index is 1260. The van der Waals surface area contributed by atoms with E-state index in [9.17, 15) is 24.3 Å². The van der Waals surface area contributed by atoms with Crippen molar-refractivity contribution in [2.24, 2.45) is 0 Å². The van der Waals surface area contributed by atoms with Gasteiger partial charge >= 0.3 is 11.9 Å². The lowest BCUT2D eigenvalue weighted by molar-refractivity contribution is -0.115. The lowest BCUT2D eigenvalue weighted by atomic mass is 10.1. The molecule has 1 atom stereocenters. The van der Waals surface area contributed by atoms with Gasteiger partial charge in [-0.05, 0) is 48.9 Å². The SMILES string of the molecule is CCC(Sc1cccc(NC(=O)c2ccccc2C(=O)O)c1)C(=O)Nc1ccccc1C(=O)OC. The van der Waals surface area contributed by atoms with Gasteiger partial charge in [0.1, 0.15) is 0 Å². The maximum atomic E-state index is 13.0. The Morgan fingerprint density at radius 1 is 0.886 bits per heavy atom. The quantitative estimate of drug-likeness (QED) is 0.286. The standard InChI is InChI=1S/C26H24N2O6S/c1-3-22(24(30)28-21-14-7-6-13-20(21)26(33)34-2)35-17-10-8-9-16(15-17)27-23(29)18-11-4-5-12-19(18)25(31)32/h4-15,22H,3H2,1-2H3,(H,27,29)(H,28,30)(H,31,32). The molecule has 0 radical (unpaired) electrons. The van der Waals surface area contributed by atoms with Crippen LogP contribution in [-0.2, 0) is 9.53 Å². The number of para-hydroxylation sites is 1. The van der Waals surface area contributed by atoms with E-state index in [0.29, 0.717) is 17.8 Å². The summed E-state index contributed by atoms with van der Waals surface area (Å²) in [4.78, 5) is 49.8. The van der Waals surface area contributed by atoms with Crippen LogP contribution < -0.4 is 10.6 Å². The molecule has 0 aliphatic heterocycles. The van der Waals surface area contributed by atoms with E-state index in [1.807, 2.05) is 13.0 Å². The molecule has 180 valence electrons. The molecule has 0 spiro atoms. The molecule has 0 bridgehead atoms. The minimum Gasteiger partial charge on any atom is -0.478 e. The van der Waals surface area contributed by atoms with E-state index in [1.54, 1.807) is 54.6 Å². The van der Waals surface area contributed by atoms with Crippen molar-refractivity contribution in [1.29, 1.82) is 0 Å². The van der Waals surface area contributed by atoms with E-state index in [4.69, 9.17) is 4.74 Å². The number of ether oxygens (including phenoxy) is 1. The van der Waals surface area contributed by atoms with Crippen LogP contribution in [0.2, 0.25) is 0 Å². The molecule has 1 unspecified atom stereocenters. The summed E-state index contributed by atoms with van der Waals surface area (Å²) < 4.78 is 4.78. The highest BCUT2D eigenvalue weighted by molar-refractivity contribution is 8.00. The predicted molar refractivity (Wildman–Crippen MR) is 134 cm³/mol. The smallest absolute Gasteiger partial charge is 0.339 e. The van der Waals surface area contributed by atoms with Crippen molar-refractivity contribution in [3.8, 4) is 0 Å². The second-order valence-corrected chi connectivity index (χ2v) is 8.65. The van der Waals surface area contributed by atoms with Gasteiger partial charge in [-0.15, -0.1) is 11.8 Å². The number of nitrogens with one attached hydrogen (secondary N) is 2. The molecule has 35 heavy (non-hydrogen) atoms. The van der Waals surface area contributed by atoms with Crippen molar-refractivity contribution in [1.82, 2.24) is 0 Å². The highest BCUT2D eigenvalue weighted by Crippen LogP contribution is 2.29. The fourth-order valence-electron chi connectivity index (χ4n) is 3.29. The van der Waals surface area contributed by atoms with Crippen LogP contribution in [0.5, 0.6) is 0 Å². The largest absolute Gasteiger partial charge is 0.478 e. The molecule has 3 rings (SSSR count). The number of amides is 2. The fourth-order valence-corrected chi connectivity index (χ4v) is 4.31. The molecule has 3 aromatic carbocycles. The van der Waals surface area contributed by atoms with Gasteiger partial charge in [0, 0.05) is 10.6 Å². The maximum Gasteiger partial charge on any atom is 0.339 e. The van der Waals surface area contributed by atoms with Crippen LogP contribution in [0.1, 0.15) is 44.4 Å². The molecule has 0 heterocycles. The number of anilines is 2. The molecule has 9 heteroatoms. The number of carboxylic acids is 1.